The highest BCUT2D eigenvalue weighted by atomic mass is 32.2. The van der Waals surface area contributed by atoms with Crippen LogP contribution in [0.25, 0.3) is 0 Å². The van der Waals surface area contributed by atoms with Gasteiger partial charge in [-0.05, 0) is 29.8 Å². The minimum absolute atomic E-state index is 0.0915. The molecule has 0 radical (unpaired) electrons. The van der Waals surface area contributed by atoms with Gasteiger partial charge in [-0.3, -0.25) is 9.28 Å². The summed E-state index contributed by atoms with van der Waals surface area (Å²) < 4.78 is 16.7. The Morgan fingerprint density at radius 3 is 2.61 bits per heavy atom. The van der Waals surface area contributed by atoms with Crippen LogP contribution in [0.15, 0.2) is 53.3 Å². The Morgan fingerprint density at radius 2 is 1.93 bits per heavy atom. The molecule has 0 aliphatic carbocycles. The molecule has 0 bridgehead atoms. The zero-order valence-corrected chi connectivity index (χ0v) is 17.8. The fourth-order valence-electron chi connectivity index (χ4n) is 3.61. The lowest BCUT2D eigenvalue weighted by molar-refractivity contribution is -0.868. The summed E-state index contributed by atoms with van der Waals surface area (Å²) in [5.74, 6) is 2.06. The van der Waals surface area contributed by atoms with E-state index in [0.717, 1.165) is 41.9 Å². The lowest BCUT2D eigenvalue weighted by atomic mass is 10.0. The van der Waals surface area contributed by atoms with Crippen molar-refractivity contribution in [3.8, 4) is 11.5 Å². The molecule has 5 nitrogen and oxygen atoms in total. The monoisotopic (exact) mass is 402 g/mol. The van der Waals surface area contributed by atoms with Gasteiger partial charge in [0.15, 0.2) is 17.3 Å². The third kappa shape index (κ3) is 4.28. The van der Waals surface area contributed by atoms with Crippen LogP contribution in [0.3, 0.4) is 0 Å². The van der Waals surface area contributed by atoms with Crippen LogP contribution in [0.5, 0.6) is 11.5 Å². The Hall–Kier alpha value is -2.18. The topological polar surface area (TPSA) is 44.8 Å². The first kappa shape index (κ1) is 20.6. The number of likely N-dealkylation sites (N-methyl/N-ethyl adjacent to an activating group) is 1. The number of allylic oxidation sites excluding steroid dienone is 4. The quantitative estimate of drug-likeness (QED) is 0.621. The Bertz CT molecular complexity index is 830. The zero-order valence-electron chi connectivity index (χ0n) is 16.9. The first-order valence-electron chi connectivity index (χ1n) is 9.36. The number of rotatable bonds is 8. The number of carbonyl (C=O) groups excluding carboxylic acids is 1. The number of methoxy groups -OCH3 is 3. The standard InChI is InChI=1S/C22H28NO4S/c1-23(12-10-16-8-9-18(25-2)19(13-16)26-3)11-6-5-7-17(23)14-21-22(24)20(27-4)15-28-21/h5-9,13,15,21H,10-12,14H2,1-4H3/q+1. The van der Waals surface area contributed by atoms with Crippen LogP contribution in [-0.4, -0.2) is 57.0 Å². The minimum atomic E-state index is -0.0915. The number of nitrogens with zero attached hydrogens (tertiary/aromatic N) is 1. The second-order valence-corrected chi connectivity index (χ2v) is 8.28. The van der Waals surface area contributed by atoms with Gasteiger partial charge >= 0.3 is 0 Å². The van der Waals surface area contributed by atoms with E-state index in [2.05, 4.69) is 31.3 Å². The van der Waals surface area contributed by atoms with Gasteiger partial charge in [-0.1, -0.05) is 12.1 Å². The largest absolute Gasteiger partial charge is 0.493 e. The van der Waals surface area contributed by atoms with Gasteiger partial charge in [0.1, 0.15) is 12.2 Å². The Labute approximate surface area is 171 Å². The Morgan fingerprint density at radius 1 is 1.14 bits per heavy atom. The summed E-state index contributed by atoms with van der Waals surface area (Å²) in [6.07, 6.45) is 8.10. The second kappa shape index (κ2) is 8.88. The number of carbonyl (C=O) groups is 1. The average Bonchev–Trinajstić information content (AvgIpc) is 3.07. The molecule has 1 aromatic rings. The Balaban J connectivity index is 1.69. The SMILES string of the molecule is COC1=CSC(CC2=CC=CC[N+]2(C)CCc2ccc(OC)c(OC)c2)C1=O. The number of ketones is 1. The number of benzene rings is 1. The van der Waals surface area contributed by atoms with Crippen molar-refractivity contribution in [1.82, 2.24) is 0 Å². The fourth-order valence-corrected chi connectivity index (χ4v) is 4.61. The molecule has 6 heteroatoms. The van der Waals surface area contributed by atoms with Crippen LogP contribution in [0.2, 0.25) is 0 Å². The Kier molecular flexibility index (Phi) is 6.52. The van der Waals surface area contributed by atoms with E-state index in [4.69, 9.17) is 14.2 Å². The van der Waals surface area contributed by atoms with Crippen molar-refractivity contribution in [3.05, 3.63) is 58.9 Å². The highest BCUT2D eigenvalue weighted by Crippen LogP contribution is 2.35. The number of thioether (sulfide) groups is 1. The summed E-state index contributed by atoms with van der Waals surface area (Å²) in [7, 11) is 7.10. The van der Waals surface area contributed by atoms with Gasteiger partial charge in [-0.2, -0.15) is 0 Å². The molecule has 0 aromatic heterocycles. The molecule has 0 fully saturated rings. The maximum atomic E-state index is 12.4. The normalized spacial score (nSPS) is 24.0. The first-order chi connectivity index (χ1) is 13.5. The molecule has 1 aromatic carbocycles. The van der Waals surface area contributed by atoms with Gasteiger partial charge in [0, 0.05) is 18.2 Å². The van der Waals surface area contributed by atoms with Crippen LogP contribution in [-0.2, 0) is 16.0 Å². The van der Waals surface area contributed by atoms with Crippen LogP contribution in [0, 0.1) is 0 Å². The van der Waals surface area contributed by atoms with E-state index in [9.17, 15) is 4.79 Å². The van der Waals surface area contributed by atoms with Crippen molar-refractivity contribution in [2.75, 3.05) is 41.5 Å². The molecule has 0 saturated carbocycles. The highest BCUT2D eigenvalue weighted by Gasteiger charge is 2.36. The van der Waals surface area contributed by atoms with E-state index in [0.29, 0.717) is 5.76 Å². The van der Waals surface area contributed by atoms with Crippen molar-refractivity contribution in [2.24, 2.45) is 0 Å². The lowest BCUT2D eigenvalue weighted by Gasteiger charge is -2.37. The van der Waals surface area contributed by atoms with Crippen LogP contribution in [0.4, 0.5) is 0 Å². The third-order valence-corrected chi connectivity index (χ3v) is 6.52. The number of hydrogen-bond acceptors (Lipinski definition) is 5. The number of hydrogen-bond donors (Lipinski definition) is 0. The molecule has 2 atom stereocenters. The van der Waals surface area contributed by atoms with Gasteiger partial charge < -0.3 is 14.2 Å². The van der Waals surface area contributed by atoms with Crippen LogP contribution in [0.1, 0.15) is 12.0 Å². The van der Waals surface area contributed by atoms with Crippen LogP contribution < -0.4 is 9.47 Å². The van der Waals surface area contributed by atoms with Gasteiger partial charge in [0.25, 0.3) is 0 Å². The lowest BCUT2D eigenvalue weighted by Crippen LogP contribution is -2.46. The molecular weight excluding hydrogens is 374 g/mol. The first-order valence-corrected chi connectivity index (χ1v) is 10.3. The van der Waals surface area contributed by atoms with Crippen molar-refractivity contribution >= 4 is 17.5 Å². The average molecular weight is 403 g/mol. The van der Waals surface area contributed by atoms with E-state index < -0.39 is 0 Å². The smallest absolute Gasteiger partial charge is 0.211 e. The van der Waals surface area contributed by atoms with Gasteiger partial charge in [0.05, 0.1) is 40.2 Å². The molecule has 2 unspecified atom stereocenters. The number of Topliss-reactive ketones (excluding diaryl/α,β-unsaturated/α-hetero) is 1. The summed E-state index contributed by atoms with van der Waals surface area (Å²) in [6, 6.07) is 6.08. The summed E-state index contributed by atoms with van der Waals surface area (Å²) in [6.45, 7) is 1.87. The highest BCUT2D eigenvalue weighted by molar-refractivity contribution is 8.04. The molecule has 150 valence electrons. The predicted octanol–water partition coefficient (Wildman–Crippen LogP) is 3.71. The van der Waals surface area contributed by atoms with Gasteiger partial charge in [-0.15, -0.1) is 11.8 Å². The molecule has 2 aliphatic rings. The molecule has 0 saturated heterocycles. The summed E-state index contributed by atoms with van der Waals surface area (Å²) >= 11 is 1.56. The summed E-state index contributed by atoms with van der Waals surface area (Å²) in [4.78, 5) is 12.4. The van der Waals surface area contributed by atoms with E-state index in [1.807, 2.05) is 17.5 Å². The predicted molar refractivity (Wildman–Crippen MR) is 112 cm³/mol. The zero-order chi connectivity index (χ0) is 20.1. The minimum Gasteiger partial charge on any atom is -0.493 e. The maximum Gasteiger partial charge on any atom is 0.211 e. The van der Waals surface area contributed by atoms with Crippen molar-refractivity contribution in [3.63, 3.8) is 0 Å². The number of quaternary nitrogens is 1. The molecule has 0 amide bonds. The van der Waals surface area contributed by atoms with Gasteiger partial charge in [-0.25, -0.2) is 0 Å². The van der Waals surface area contributed by atoms with E-state index >= 15 is 0 Å². The molecule has 0 spiro atoms. The van der Waals surface area contributed by atoms with Crippen molar-refractivity contribution in [2.45, 2.75) is 18.1 Å². The van der Waals surface area contributed by atoms with Gasteiger partial charge in [0.2, 0.25) is 5.78 Å². The van der Waals surface area contributed by atoms with Crippen molar-refractivity contribution in [1.29, 1.82) is 0 Å². The molecule has 2 aliphatic heterocycles. The third-order valence-electron chi connectivity index (χ3n) is 5.46. The fraction of sp³-hybridized carbons (Fsp3) is 0.409. The van der Waals surface area contributed by atoms with Crippen molar-refractivity contribution < 1.29 is 23.5 Å². The second-order valence-electron chi connectivity index (χ2n) is 7.21. The van der Waals surface area contributed by atoms with E-state index in [-0.39, 0.29) is 11.0 Å². The number of ether oxygens (including phenoxy) is 3. The molecular formula is C22H28NO4S+. The summed E-state index contributed by atoms with van der Waals surface area (Å²) in [5, 5.41) is 1.74. The molecule has 0 N–H and O–H groups in total. The molecule has 3 rings (SSSR count). The maximum absolute atomic E-state index is 12.4. The van der Waals surface area contributed by atoms with E-state index in [1.165, 1.54) is 11.3 Å². The van der Waals surface area contributed by atoms with E-state index in [1.54, 1.807) is 33.1 Å². The molecule has 28 heavy (non-hydrogen) atoms. The van der Waals surface area contributed by atoms with Crippen LogP contribution >= 0.6 is 11.8 Å². The summed E-state index contributed by atoms with van der Waals surface area (Å²) in [5.41, 5.74) is 2.49. The molecule has 2 heterocycles.